The van der Waals surface area contributed by atoms with Crippen molar-refractivity contribution in [3.05, 3.63) is 83.4 Å². The van der Waals surface area contributed by atoms with E-state index in [9.17, 15) is 9.59 Å². The molecule has 7 heteroatoms. The molecule has 0 bridgehead atoms. The van der Waals surface area contributed by atoms with E-state index in [1.807, 2.05) is 54.6 Å². The number of ether oxygens (including phenoxy) is 1. The molecule has 0 unspecified atom stereocenters. The zero-order valence-electron chi connectivity index (χ0n) is 19.8. The number of halogens is 1. The van der Waals surface area contributed by atoms with Crippen molar-refractivity contribution in [3.63, 3.8) is 0 Å². The Labute approximate surface area is 212 Å². The zero-order valence-corrected chi connectivity index (χ0v) is 20.6. The van der Waals surface area contributed by atoms with Crippen molar-refractivity contribution in [2.24, 2.45) is 0 Å². The van der Waals surface area contributed by atoms with Gasteiger partial charge in [-0.3, -0.25) is 14.5 Å². The van der Waals surface area contributed by atoms with Gasteiger partial charge < -0.3 is 15.0 Å². The first kappa shape index (κ1) is 24.9. The predicted octanol–water partition coefficient (Wildman–Crippen LogP) is 4.77. The van der Waals surface area contributed by atoms with Gasteiger partial charge in [-0.15, -0.1) is 12.4 Å². The lowest BCUT2D eigenvalue weighted by Gasteiger charge is -2.27. The molecule has 3 aromatic rings. The lowest BCUT2D eigenvalue weighted by Crippen LogP contribution is -2.35. The van der Waals surface area contributed by atoms with E-state index in [1.165, 1.54) is 0 Å². The van der Waals surface area contributed by atoms with Gasteiger partial charge in [0.05, 0.1) is 13.2 Å². The standard InChI is InChI=1S/C28H29N3O3.ClH/c1-30-26-18-24(10-7-21(26)9-12-27(30)32)29-28(33)22-8-11-25(20-5-3-2-4-6-20)23(17-22)19-31-13-15-34-16-14-31;/h2-8,10-11,17-18H,9,12-16,19H2,1H3,(H,29,33);1H. The van der Waals surface area contributed by atoms with E-state index in [-0.39, 0.29) is 24.2 Å². The molecule has 0 aromatic heterocycles. The largest absolute Gasteiger partial charge is 0.379 e. The highest BCUT2D eigenvalue weighted by atomic mass is 35.5. The fourth-order valence-corrected chi connectivity index (χ4v) is 4.68. The Bertz CT molecular complexity index is 1210. The Kier molecular flexibility index (Phi) is 7.86. The van der Waals surface area contributed by atoms with E-state index < -0.39 is 0 Å². The van der Waals surface area contributed by atoms with Crippen LogP contribution in [0, 0.1) is 0 Å². The molecule has 6 nitrogen and oxygen atoms in total. The van der Waals surface area contributed by atoms with Gasteiger partial charge in [-0.05, 0) is 52.9 Å². The molecule has 0 spiro atoms. The molecular weight excluding hydrogens is 462 g/mol. The van der Waals surface area contributed by atoms with Crippen LogP contribution in [0.3, 0.4) is 0 Å². The van der Waals surface area contributed by atoms with E-state index in [2.05, 4.69) is 22.3 Å². The topological polar surface area (TPSA) is 61.9 Å². The van der Waals surface area contributed by atoms with E-state index in [4.69, 9.17) is 4.74 Å². The van der Waals surface area contributed by atoms with Crippen LogP contribution < -0.4 is 10.2 Å². The van der Waals surface area contributed by atoms with Crippen LogP contribution in [0.15, 0.2) is 66.7 Å². The number of nitrogens with one attached hydrogen (secondary N) is 1. The third kappa shape index (κ3) is 5.56. The number of amides is 2. The van der Waals surface area contributed by atoms with Crippen molar-refractivity contribution in [2.45, 2.75) is 19.4 Å². The van der Waals surface area contributed by atoms with Gasteiger partial charge in [-0.1, -0.05) is 42.5 Å². The summed E-state index contributed by atoms with van der Waals surface area (Å²) in [6.45, 7) is 3.99. The quantitative estimate of drug-likeness (QED) is 0.558. The summed E-state index contributed by atoms with van der Waals surface area (Å²) >= 11 is 0. The molecule has 0 saturated carbocycles. The number of benzene rings is 3. The van der Waals surface area contributed by atoms with Crippen LogP contribution in [0.25, 0.3) is 11.1 Å². The molecule has 1 N–H and O–H groups in total. The highest BCUT2D eigenvalue weighted by Gasteiger charge is 2.22. The van der Waals surface area contributed by atoms with Crippen LogP contribution in [-0.2, 0) is 22.5 Å². The van der Waals surface area contributed by atoms with Crippen molar-refractivity contribution in [3.8, 4) is 11.1 Å². The Morgan fingerprint density at radius 1 is 0.971 bits per heavy atom. The van der Waals surface area contributed by atoms with Crippen molar-refractivity contribution >= 4 is 35.6 Å². The lowest BCUT2D eigenvalue weighted by atomic mass is 9.96. The van der Waals surface area contributed by atoms with Gasteiger partial charge in [0.2, 0.25) is 5.91 Å². The van der Waals surface area contributed by atoms with Gasteiger partial charge in [0.15, 0.2) is 0 Å². The molecule has 5 rings (SSSR count). The molecule has 2 aliphatic heterocycles. The maximum atomic E-state index is 13.2. The first-order chi connectivity index (χ1) is 16.6. The maximum absolute atomic E-state index is 13.2. The Morgan fingerprint density at radius 3 is 2.51 bits per heavy atom. The van der Waals surface area contributed by atoms with E-state index in [1.54, 1.807) is 11.9 Å². The molecule has 3 aromatic carbocycles. The fourth-order valence-electron chi connectivity index (χ4n) is 4.68. The minimum Gasteiger partial charge on any atom is -0.379 e. The first-order valence-electron chi connectivity index (χ1n) is 11.8. The first-order valence-corrected chi connectivity index (χ1v) is 11.8. The van der Waals surface area contributed by atoms with Crippen LogP contribution in [0.2, 0.25) is 0 Å². The molecule has 0 aliphatic carbocycles. The summed E-state index contributed by atoms with van der Waals surface area (Å²) in [7, 11) is 1.78. The number of morpholine rings is 1. The minimum atomic E-state index is -0.160. The molecule has 2 amide bonds. The molecule has 2 aliphatic rings. The molecule has 0 atom stereocenters. The number of fused-ring (bicyclic) bond motifs is 1. The Balaban J connectivity index is 0.00000289. The monoisotopic (exact) mass is 491 g/mol. The van der Waals surface area contributed by atoms with Crippen molar-refractivity contribution in [1.82, 2.24) is 4.90 Å². The minimum absolute atomic E-state index is 0. The van der Waals surface area contributed by atoms with Gasteiger partial charge >= 0.3 is 0 Å². The summed E-state index contributed by atoms with van der Waals surface area (Å²) in [5.41, 5.74) is 6.69. The maximum Gasteiger partial charge on any atom is 0.255 e. The second-order valence-electron chi connectivity index (χ2n) is 8.88. The SMILES string of the molecule is CN1C(=O)CCc2ccc(NC(=O)c3ccc(-c4ccccc4)c(CN4CCOCC4)c3)cc21.Cl. The van der Waals surface area contributed by atoms with E-state index in [0.29, 0.717) is 17.7 Å². The Hall–Kier alpha value is -3.19. The highest BCUT2D eigenvalue weighted by molar-refractivity contribution is 6.05. The molecular formula is C28H30ClN3O3. The van der Waals surface area contributed by atoms with Gasteiger partial charge in [0.1, 0.15) is 0 Å². The van der Waals surface area contributed by atoms with E-state index in [0.717, 1.165) is 67.2 Å². The number of hydrogen-bond donors (Lipinski definition) is 1. The summed E-state index contributed by atoms with van der Waals surface area (Å²) in [6, 6.07) is 22.0. The summed E-state index contributed by atoms with van der Waals surface area (Å²) in [5.74, 6) is -0.0622. The van der Waals surface area contributed by atoms with Gasteiger partial charge in [0.25, 0.3) is 5.91 Å². The zero-order chi connectivity index (χ0) is 23.5. The highest BCUT2D eigenvalue weighted by Crippen LogP contribution is 2.30. The average Bonchev–Trinajstić information content (AvgIpc) is 2.87. The summed E-state index contributed by atoms with van der Waals surface area (Å²) < 4.78 is 5.50. The third-order valence-electron chi connectivity index (χ3n) is 6.64. The average molecular weight is 492 g/mol. The van der Waals surface area contributed by atoms with Crippen LogP contribution in [0.5, 0.6) is 0 Å². The van der Waals surface area contributed by atoms with Crippen molar-refractivity contribution in [2.75, 3.05) is 43.6 Å². The number of aryl methyl sites for hydroxylation is 1. The van der Waals surface area contributed by atoms with Crippen LogP contribution in [-0.4, -0.2) is 50.1 Å². The second kappa shape index (κ2) is 11.0. The molecule has 0 radical (unpaired) electrons. The summed E-state index contributed by atoms with van der Waals surface area (Å²) in [6.07, 6.45) is 1.26. The number of anilines is 2. The van der Waals surface area contributed by atoms with Crippen LogP contribution in [0.4, 0.5) is 11.4 Å². The van der Waals surface area contributed by atoms with Gasteiger partial charge in [0, 0.05) is 50.0 Å². The van der Waals surface area contributed by atoms with Crippen LogP contribution in [0.1, 0.15) is 27.9 Å². The summed E-state index contributed by atoms with van der Waals surface area (Å²) in [5, 5.41) is 3.02. The molecule has 182 valence electrons. The molecule has 1 fully saturated rings. The number of rotatable bonds is 5. The fraction of sp³-hybridized carbons (Fsp3) is 0.286. The third-order valence-corrected chi connectivity index (χ3v) is 6.64. The van der Waals surface area contributed by atoms with Crippen molar-refractivity contribution in [1.29, 1.82) is 0 Å². The predicted molar refractivity (Wildman–Crippen MR) is 141 cm³/mol. The van der Waals surface area contributed by atoms with Crippen LogP contribution >= 0.6 is 12.4 Å². The second-order valence-corrected chi connectivity index (χ2v) is 8.88. The van der Waals surface area contributed by atoms with Crippen molar-refractivity contribution < 1.29 is 14.3 Å². The summed E-state index contributed by atoms with van der Waals surface area (Å²) in [4.78, 5) is 29.3. The normalized spacial score (nSPS) is 15.8. The smallest absolute Gasteiger partial charge is 0.255 e. The number of hydrogen-bond acceptors (Lipinski definition) is 4. The van der Waals surface area contributed by atoms with Gasteiger partial charge in [-0.2, -0.15) is 0 Å². The lowest BCUT2D eigenvalue weighted by molar-refractivity contribution is -0.118. The van der Waals surface area contributed by atoms with Gasteiger partial charge in [-0.25, -0.2) is 0 Å². The number of carbonyl (C=O) groups excluding carboxylic acids is 2. The number of nitrogens with zero attached hydrogens (tertiary/aromatic N) is 2. The number of carbonyl (C=O) groups is 2. The Morgan fingerprint density at radius 2 is 1.74 bits per heavy atom. The van der Waals surface area contributed by atoms with E-state index >= 15 is 0 Å². The molecule has 1 saturated heterocycles. The molecule has 35 heavy (non-hydrogen) atoms. The molecule has 2 heterocycles.